The Balaban J connectivity index is 2.32. The van der Waals surface area contributed by atoms with Gasteiger partial charge >= 0.3 is 0 Å². The number of benzene rings is 1. The Morgan fingerprint density at radius 2 is 2.00 bits per heavy atom. The molecule has 0 aliphatic heterocycles. The second-order valence-electron chi connectivity index (χ2n) is 4.61. The Labute approximate surface area is 109 Å². The van der Waals surface area contributed by atoms with Crippen molar-refractivity contribution in [2.75, 3.05) is 19.6 Å². The SMILES string of the molecule is CCN(CCN)Cc1cn(CC)c2ccccc12. The van der Waals surface area contributed by atoms with Gasteiger partial charge in [-0.3, -0.25) is 4.90 Å². The molecule has 0 radical (unpaired) electrons. The minimum Gasteiger partial charge on any atom is -0.347 e. The normalized spacial score (nSPS) is 11.6. The Morgan fingerprint density at radius 3 is 2.67 bits per heavy atom. The van der Waals surface area contributed by atoms with Crippen LogP contribution in [0.5, 0.6) is 0 Å². The Kier molecular flexibility index (Phi) is 4.39. The van der Waals surface area contributed by atoms with E-state index in [1.54, 1.807) is 0 Å². The molecule has 0 bridgehead atoms. The number of para-hydroxylation sites is 1. The van der Waals surface area contributed by atoms with E-state index in [0.717, 1.165) is 32.7 Å². The quantitative estimate of drug-likeness (QED) is 0.848. The number of aromatic nitrogens is 1. The molecule has 2 rings (SSSR count). The number of aryl methyl sites for hydroxylation is 1. The fourth-order valence-corrected chi connectivity index (χ4v) is 2.48. The highest BCUT2D eigenvalue weighted by Gasteiger charge is 2.10. The molecule has 0 spiro atoms. The van der Waals surface area contributed by atoms with Crippen molar-refractivity contribution in [1.82, 2.24) is 9.47 Å². The second kappa shape index (κ2) is 6.03. The van der Waals surface area contributed by atoms with Crippen LogP contribution < -0.4 is 5.73 Å². The van der Waals surface area contributed by atoms with Gasteiger partial charge in [-0.2, -0.15) is 0 Å². The van der Waals surface area contributed by atoms with E-state index in [9.17, 15) is 0 Å². The van der Waals surface area contributed by atoms with Gasteiger partial charge in [0.1, 0.15) is 0 Å². The van der Waals surface area contributed by atoms with Gasteiger partial charge in [0.05, 0.1) is 0 Å². The van der Waals surface area contributed by atoms with E-state index in [0.29, 0.717) is 0 Å². The van der Waals surface area contributed by atoms with Crippen LogP contribution in [0.2, 0.25) is 0 Å². The number of fused-ring (bicyclic) bond motifs is 1. The summed E-state index contributed by atoms with van der Waals surface area (Å²) < 4.78 is 2.32. The van der Waals surface area contributed by atoms with Crippen LogP contribution in [0, 0.1) is 0 Å². The van der Waals surface area contributed by atoms with E-state index >= 15 is 0 Å². The van der Waals surface area contributed by atoms with Gasteiger partial charge in [-0.15, -0.1) is 0 Å². The zero-order chi connectivity index (χ0) is 13.0. The number of nitrogens with zero attached hydrogens (tertiary/aromatic N) is 2. The van der Waals surface area contributed by atoms with Crippen LogP contribution >= 0.6 is 0 Å². The summed E-state index contributed by atoms with van der Waals surface area (Å²) in [6.07, 6.45) is 2.28. The molecule has 0 atom stereocenters. The first kappa shape index (κ1) is 13.1. The Bertz CT molecular complexity index is 501. The molecule has 2 N–H and O–H groups in total. The smallest absolute Gasteiger partial charge is 0.0483 e. The summed E-state index contributed by atoms with van der Waals surface area (Å²) in [6, 6.07) is 8.63. The van der Waals surface area contributed by atoms with Gasteiger partial charge in [0.15, 0.2) is 0 Å². The Morgan fingerprint density at radius 1 is 1.22 bits per heavy atom. The third-order valence-electron chi connectivity index (χ3n) is 3.50. The maximum absolute atomic E-state index is 5.66. The molecule has 3 heteroatoms. The summed E-state index contributed by atoms with van der Waals surface area (Å²) in [6.45, 7) is 9.11. The van der Waals surface area contributed by atoms with E-state index < -0.39 is 0 Å². The van der Waals surface area contributed by atoms with Crippen molar-refractivity contribution in [3.8, 4) is 0 Å². The molecule has 0 aliphatic carbocycles. The molecule has 3 nitrogen and oxygen atoms in total. The van der Waals surface area contributed by atoms with E-state index in [1.807, 2.05) is 0 Å². The zero-order valence-corrected chi connectivity index (χ0v) is 11.4. The fraction of sp³-hybridized carbons (Fsp3) is 0.467. The third-order valence-corrected chi connectivity index (χ3v) is 3.50. The number of hydrogen-bond acceptors (Lipinski definition) is 2. The lowest BCUT2D eigenvalue weighted by Crippen LogP contribution is -2.28. The molecule has 0 unspecified atom stereocenters. The molecule has 1 heterocycles. The fourth-order valence-electron chi connectivity index (χ4n) is 2.48. The van der Waals surface area contributed by atoms with Gasteiger partial charge in [-0.1, -0.05) is 25.1 Å². The van der Waals surface area contributed by atoms with Gasteiger partial charge in [-0.25, -0.2) is 0 Å². The summed E-state index contributed by atoms with van der Waals surface area (Å²) in [7, 11) is 0. The van der Waals surface area contributed by atoms with Crippen LogP contribution in [0.25, 0.3) is 10.9 Å². The summed E-state index contributed by atoms with van der Waals surface area (Å²) in [4.78, 5) is 2.39. The zero-order valence-electron chi connectivity index (χ0n) is 11.4. The molecular formula is C15H23N3. The van der Waals surface area contributed by atoms with E-state index in [-0.39, 0.29) is 0 Å². The van der Waals surface area contributed by atoms with Crippen molar-refractivity contribution in [2.45, 2.75) is 26.9 Å². The molecule has 18 heavy (non-hydrogen) atoms. The van der Waals surface area contributed by atoms with Gasteiger partial charge in [0.2, 0.25) is 0 Å². The maximum atomic E-state index is 5.66. The highest BCUT2D eigenvalue weighted by atomic mass is 15.1. The molecular weight excluding hydrogens is 222 g/mol. The first-order chi connectivity index (χ1) is 8.80. The number of likely N-dealkylation sites (N-methyl/N-ethyl adjacent to an activating group) is 1. The maximum Gasteiger partial charge on any atom is 0.0483 e. The van der Waals surface area contributed by atoms with Crippen LogP contribution in [0.4, 0.5) is 0 Å². The first-order valence-electron chi connectivity index (χ1n) is 6.79. The van der Waals surface area contributed by atoms with Crippen LogP contribution in [0.15, 0.2) is 30.5 Å². The largest absolute Gasteiger partial charge is 0.347 e. The Hall–Kier alpha value is -1.32. The second-order valence-corrected chi connectivity index (χ2v) is 4.61. The first-order valence-corrected chi connectivity index (χ1v) is 6.79. The van der Waals surface area contributed by atoms with E-state index in [4.69, 9.17) is 5.73 Å². The molecule has 0 amide bonds. The van der Waals surface area contributed by atoms with Crippen LogP contribution in [0.3, 0.4) is 0 Å². The molecule has 2 aromatic rings. The lowest BCUT2D eigenvalue weighted by atomic mass is 10.1. The summed E-state index contributed by atoms with van der Waals surface area (Å²) in [5.74, 6) is 0. The van der Waals surface area contributed by atoms with E-state index in [2.05, 4.69) is 53.8 Å². The lowest BCUT2D eigenvalue weighted by molar-refractivity contribution is 0.289. The molecule has 1 aromatic heterocycles. The van der Waals surface area contributed by atoms with Gasteiger partial charge in [0, 0.05) is 43.3 Å². The standard InChI is InChI=1S/C15H23N3/c1-3-17(10-9-16)11-13-12-18(4-2)15-8-6-5-7-14(13)15/h5-8,12H,3-4,9-11,16H2,1-2H3. The van der Waals surface area contributed by atoms with Crippen molar-refractivity contribution in [2.24, 2.45) is 5.73 Å². The topological polar surface area (TPSA) is 34.2 Å². The van der Waals surface area contributed by atoms with Crippen molar-refractivity contribution in [1.29, 1.82) is 0 Å². The van der Waals surface area contributed by atoms with Gasteiger partial charge in [-0.05, 0) is 25.1 Å². The number of nitrogens with two attached hydrogens (primary N) is 1. The predicted octanol–water partition coefficient (Wildman–Crippen LogP) is 2.44. The van der Waals surface area contributed by atoms with Gasteiger partial charge in [0.25, 0.3) is 0 Å². The monoisotopic (exact) mass is 245 g/mol. The molecule has 1 aromatic carbocycles. The minimum atomic E-state index is 0.722. The highest BCUT2D eigenvalue weighted by molar-refractivity contribution is 5.83. The summed E-state index contributed by atoms with van der Waals surface area (Å²) >= 11 is 0. The highest BCUT2D eigenvalue weighted by Crippen LogP contribution is 2.22. The van der Waals surface area contributed by atoms with Crippen LogP contribution in [0.1, 0.15) is 19.4 Å². The van der Waals surface area contributed by atoms with Crippen LogP contribution in [-0.4, -0.2) is 29.1 Å². The molecule has 0 saturated carbocycles. The number of hydrogen-bond donors (Lipinski definition) is 1. The lowest BCUT2D eigenvalue weighted by Gasteiger charge is -2.18. The van der Waals surface area contributed by atoms with Crippen molar-refractivity contribution in [3.63, 3.8) is 0 Å². The summed E-state index contributed by atoms with van der Waals surface area (Å²) in [5.41, 5.74) is 8.39. The average Bonchev–Trinajstić information content (AvgIpc) is 2.76. The predicted molar refractivity (Wildman–Crippen MR) is 77.6 cm³/mol. The van der Waals surface area contributed by atoms with Crippen LogP contribution in [-0.2, 0) is 13.1 Å². The van der Waals surface area contributed by atoms with Gasteiger partial charge < -0.3 is 10.3 Å². The van der Waals surface area contributed by atoms with Crippen molar-refractivity contribution < 1.29 is 0 Å². The number of rotatable bonds is 6. The minimum absolute atomic E-state index is 0.722. The average molecular weight is 245 g/mol. The third kappa shape index (κ3) is 2.57. The summed E-state index contributed by atoms with van der Waals surface area (Å²) in [5, 5.41) is 1.37. The molecule has 98 valence electrons. The molecule has 0 saturated heterocycles. The molecule has 0 aliphatic rings. The molecule has 0 fully saturated rings. The van der Waals surface area contributed by atoms with E-state index in [1.165, 1.54) is 16.5 Å². The van der Waals surface area contributed by atoms with Crippen molar-refractivity contribution in [3.05, 3.63) is 36.0 Å². The van der Waals surface area contributed by atoms with Crippen molar-refractivity contribution >= 4 is 10.9 Å².